The Morgan fingerprint density at radius 1 is 1.41 bits per heavy atom. The number of halogens is 2. The molecular formula is C10H6ClFN4O. The summed E-state index contributed by atoms with van der Waals surface area (Å²) in [5.41, 5.74) is 0.360. The lowest BCUT2D eigenvalue weighted by molar-refractivity contribution is -0.116. The minimum absolute atomic E-state index is 0.00101. The zero-order valence-electron chi connectivity index (χ0n) is 8.44. The van der Waals surface area contributed by atoms with E-state index in [2.05, 4.69) is 27.1 Å². The van der Waals surface area contributed by atoms with Crippen molar-refractivity contribution in [3.63, 3.8) is 0 Å². The van der Waals surface area contributed by atoms with Crippen molar-refractivity contribution in [2.45, 2.75) is 0 Å². The maximum atomic E-state index is 12.9. The number of aliphatic imine (C=N–C) groups is 1. The van der Waals surface area contributed by atoms with E-state index in [1.165, 1.54) is 18.2 Å². The highest BCUT2D eigenvalue weighted by molar-refractivity contribution is 6.31. The zero-order chi connectivity index (χ0) is 12.4. The Kier molecular flexibility index (Phi) is 2.97. The predicted molar refractivity (Wildman–Crippen MR) is 60.6 cm³/mol. The molecule has 1 N–H and O–H groups in total. The van der Waals surface area contributed by atoms with E-state index in [4.69, 9.17) is 11.6 Å². The molecule has 0 atom stereocenters. The summed E-state index contributed by atoms with van der Waals surface area (Å²) in [5.74, 6) is -1.02. The lowest BCUT2D eigenvalue weighted by Crippen LogP contribution is -2.32. The van der Waals surface area contributed by atoms with Crippen molar-refractivity contribution in [1.82, 2.24) is 5.32 Å². The first kappa shape index (κ1) is 11.4. The highest BCUT2D eigenvalue weighted by Crippen LogP contribution is 2.21. The molecule has 0 fully saturated rings. The maximum absolute atomic E-state index is 12.9. The van der Waals surface area contributed by atoms with E-state index in [-0.39, 0.29) is 16.7 Å². The van der Waals surface area contributed by atoms with E-state index in [9.17, 15) is 9.18 Å². The summed E-state index contributed by atoms with van der Waals surface area (Å²) in [7, 11) is 0. The van der Waals surface area contributed by atoms with Gasteiger partial charge in [-0.3, -0.25) is 10.1 Å². The molecule has 0 spiro atoms. The minimum Gasteiger partial charge on any atom is -0.288 e. The third-order valence-electron chi connectivity index (χ3n) is 1.89. The van der Waals surface area contributed by atoms with Crippen LogP contribution >= 0.6 is 11.6 Å². The molecule has 7 heteroatoms. The predicted octanol–water partition coefficient (Wildman–Crippen LogP) is 2.56. The highest BCUT2D eigenvalue weighted by Gasteiger charge is 2.14. The van der Waals surface area contributed by atoms with E-state index in [1.807, 2.05) is 0 Å². The van der Waals surface area contributed by atoms with Gasteiger partial charge in [0.1, 0.15) is 11.5 Å². The molecule has 0 saturated carbocycles. The van der Waals surface area contributed by atoms with Crippen LogP contribution in [0.2, 0.25) is 5.02 Å². The quantitative estimate of drug-likeness (QED) is 0.767. The second-order valence-corrected chi connectivity index (χ2v) is 3.54. The van der Waals surface area contributed by atoms with Gasteiger partial charge in [0.15, 0.2) is 0 Å². The second kappa shape index (κ2) is 4.42. The Labute approximate surface area is 101 Å². The molecule has 2 rings (SSSR count). The Hall–Kier alpha value is -2.08. The summed E-state index contributed by atoms with van der Waals surface area (Å²) in [6, 6.07) is 3.89. The third-order valence-corrected chi connectivity index (χ3v) is 2.18. The maximum Gasteiger partial charge on any atom is 0.277 e. The lowest BCUT2D eigenvalue weighted by Gasteiger charge is -2.07. The number of carbonyl (C=O) groups excluding carboxylic acids is 1. The first-order valence-corrected chi connectivity index (χ1v) is 4.90. The molecule has 0 aliphatic carbocycles. The molecule has 1 aromatic rings. The van der Waals surface area contributed by atoms with Crippen LogP contribution in [0.4, 0.5) is 10.1 Å². The fraction of sp³-hybridized carbons (Fsp3) is 0. The molecule has 86 valence electrons. The number of rotatable bonds is 1. The number of benzene rings is 1. The zero-order valence-corrected chi connectivity index (χ0v) is 9.20. The van der Waals surface area contributed by atoms with Crippen molar-refractivity contribution in [2.24, 2.45) is 15.2 Å². The molecule has 0 radical (unpaired) electrons. The standard InChI is InChI=1S/C10H6ClFN4O/c1-5-9(17)14-10(16-15-5)13-6-2-3-8(12)7(11)4-6/h2-4H,1H2,(H,13,14,17). The van der Waals surface area contributed by atoms with Crippen LogP contribution in [0.5, 0.6) is 0 Å². The molecule has 1 aliphatic heterocycles. The van der Waals surface area contributed by atoms with Crippen molar-refractivity contribution in [3.8, 4) is 0 Å². The molecular weight excluding hydrogens is 247 g/mol. The number of hydrogen-bond acceptors (Lipinski definition) is 3. The molecule has 0 unspecified atom stereocenters. The summed E-state index contributed by atoms with van der Waals surface area (Å²) in [4.78, 5) is 15.1. The van der Waals surface area contributed by atoms with Crippen LogP contribution in [0.25, 0.3) is 0 Å². The SMILES string of the molecule is C=C1N=NC(=Nc2ccc(F)c(Cl)c2)NC1=O. The Morgan fingerprint density at radius 3 is 2.82 bits per heavy atom. The molecule has 17 heavy (non-hydrogen) atoms. The van der Waals surface area contributed by atoms with Crippen molar-refractivity contribution < 1.29 is 9.18 Å². The fourth-order valence-electron chi connectivity index (χ4n) is 1.08. The van der Waals surface area contributed by atoms with Crippen LogP contribution in [0, 0.1) is 5.82 Å². The van der Waals surface area contributed by atoms with Gasteiger partial charge < -0.3 is 0 Å². The van der Waals surface area contributed by atoms with Gasteiger partial charge in [-0.05, 0) is 18.2 Å². The average Bonchev–Trinajstić information content (AvgIpc) is 2.29. The van der Waals surface area contributed by atoms with Crippen LogP contribution in [0.3, 0.4) is 0 Å². The minimum atomic E-state index is -0.543. The number of amides is 1. The van der Waals surface area contributed by atoms with Crippen LogP contribution in [-0.4, -0.2) is 11.9 Å². The smallest absolute Gasteiger partial charge is 0.277 e. The second-order valence-electron chi connectivity index (χ2n) is 3.13. The van der Waals surface area contributed by atoms with E-state index in [1.54, 1.807) is 0 Å². The Bertz CT molecular complexity index is 567. The van der Waals surface area contributed by atoms with Gasteiger partial charge in [-0.15, -0.1) is 10.2 Å². The lowest BCUT2D eigenvalue weighted by atomic mass is 10.3. The number of carbonyl (C=O) groups is 1. The summed E-state index contributed by atoms with van der Waals surface area (Å²) in [6.07, 6.45) is 0. The van der Waals surface area contributed by atoms with Gasteiger partial charge in [0.05, 0.1) is 10.7 Å². The molecule has 1 amide bonds. The van der Waals surface area contributed by atoms with E-state index >= 15 is 0 Å². The topological polar surface area (TPSA) is 66.2 Å². The summed E-state index contributed by atoms with van der Waals surface area (Å²) < 4.78 is 12.9. The van der Waals surface area contributed by atoms with Gasteiger partial charge in [0.2, 0.25) is 5.96 Å². The number of guanidine groups is 1. The fourth-order valence-corrected chi connectivity index (χ4v) is 1.25. The van der Waals surface area contributed by atoms with Gasteiger partial charge >= 0.3 is 0 Å². The van der Waals surface area contributed by atoms with Crippen LogP contribution in [0.1, 0.15) is 0 Å². The molecule has 0 aromatic heterocycles. The van der Waals surface area contributed by atoms with E-state index in [0.29, 0.717) is 5.69 Å². The first-order valence-electron chi connectivity index (χ1n) is 4.52. The monoisotopic (exact) mass is 252 g/mol. The van der Waals surface area contributed by atoms with Crippen molar-refractivity contribution in [2.75, 3.05) is 0 Å². The largest absolute Gasteiger partial charge is 0.288 e. The van der Waals surface area contributed by atoms with Crippen LogP contribution < -0.4 is 5.32 Å². The van der Waals surface area contributed by atoms with Crippen molar-refractivity contribution in [3.05, 3.63) is 41.3 Å². The number of nitrogens with one attached hydrogen (secondary N) is 1. The van der Waals surface area contributed by atoms with Gasteiger partial charge in [-0.25, -0.2) is 9.38 Å². The molecule has 0 bridgehead atoms. The Morgan fingerprint density at radius 2 is 2.18 bits per heavy atom. The number of hydrogen-bond donors (Lipinski definition) is 1. The molecule has 1 aliphatic rings. The number of azo groups is 1. The van der Waals surface area contributed by atoms with Gasteiger partial charge in [-0.1, -0.05) is 18.2 Å². The van der Waals surface area contributed by atoms with Gasteiger partial charge in [-0.2, -0.15) is 0 Å². The van der Waals surface area contributed by atoms with E-state index in [0.717, 1.165) is 0 Å². The molecule has 0 saturated heterocycles. The highest BCUT2D eigenvalue weighted by atomic mass is 35.5. The van der Waals surface area contributed by atoms with Crippen LogP contribution in [0.15, 0.2) is 45.7 Å². The normalized spacial score (nSPS) is 17.4. The number of nitrogens with zero attached hydrogens (tertiary/aromatic N) is 3. The van der Waals surface area contributed by atoms with E-state index < -0.39 is 11.7 Å². The molecule has 5 nitrogen and oxygen atoms in total. The van der Waals surface area contributed by atoms with Crippen molar-refractivity contribution in [1.29, 1.82) is 0 Å². The summed E-state index contributed by atoms with van der Waals surface area (Å²) in [5, 5.41) is 9.43. The average molecular weight is 253 g/mol. The van der Waals surface area contributed by atoms with Gasteiger partial charge in [0.25, 0.3) is 5.91 Å². The third kappa shape index (κ3) is 2.54. The molecule has 1 aromatic carbocycles. The van der Waals surface area contributed by atoms with Crippen LogP contribution in [-0.2, 0) is 4.79 Å². The first-order chi connectivity index (χ1) is 8.06. The Balaban J connectivity index is 2.31. The molecule has 1 heterocycles. The summed E-state index contributed by atoms with van der Waals surface area (Å²) in [6.45, 7) is 3.36. The summed E-state index contributed by atoms with van der Waals surface area (Å²) >= 11 is 5.58. The van der Waals surface area contributed by atoms with Gasteiger partial charge in [0, 0.05) is 0 Å². The van der Waals surface area contributed by atoms with Crippen molar-refractivity contribution >= 4 is 29.2 Å².